The molecule has 0 spiro atoms. The molecule has 3 aliphatic carbocycles. The van der Waals surface area contributed by atoms with E-state index in [-0.39, 0.29) is 29.6 Å². The van der Waals surface area contributed by atoms with E-state index in [1.54, 1.807) is 42.5 Å². The number of rotatable bonds is 3. The summed E-state index contributed by atoms with van der Waals surface area (Å²) < 4.78 is 0. The van der Waals surface area contributed by atoms with Gasteiger partial charge in [0.15, 0.2) is 0 Å². The molecule has 0 unspecified atom stereocenters. The van der Waals surface area contributed by atoms with Gasteiger partial charge < -0.3 is 5.32 Å². The maximum absolute atomic E-state index is 14.2. The molecule has 0 radical (unpaired) electrons. The number of carbonyl (C=O) groups is 3. The zero-order valence-corrected chi connectivity index (χ0v) is 22.2. The average molecular weight is 533 g/mol. The van der Waals surface area contributed by atoms with Crippen molar-refractivity contribution in [2.45, 2.75) is 25.7 Å². The second kappa shape index (κ2) is 8.39. The Balaban J connectivity index is 1.24. The lowest BCUT2D eigenvalue weighted by Gasteiger charge is -2.51. The third-order valence-electron chi connectivity index (χ3n) is 8.92. The highest BCUT2D eigenvalue weighted by Crippen LogP contribution is 2.67. The van der Waals surface area contributed by atoms with Gasteiger partial charge in [-0.3, -0.25) is 14.4 Å². The van der Waals surface area contributed by atoms with Crippen LogP contribution in [0, 0.1) is 18.3 Å². The summed E-state index contributed by atoms with van der Waals surface area (Å²) in [4.78, 5) is 42.6. The minimum atomic E-state index is -0.898. The van der Waals surface area contributed by atoms with Crippen LogP contribution < -0.4 is 10.2 Å². The maximum Gasteiger partial charge on any atom is 0.255 e. The summed E-state index contributed by atoms with van der Waals surface area (Å²) >= 11 is 6.19. The van der Waals surface area contributed by atoms with Crippen LogP contribution in [-0.2, 0) is 9.59 Å². The number of nitrogens with one attached hydrogen (secondary N) is 1. The highest BCUT2D eigenvalue weighted by molar-refractivity contribution is 6.31. The van der Waals surface area contributed by atoms with Crippen LogP contribution in [0.15, 0.2) is 91.0 Å². The molecule has 39 heavy (non-hydrogen) atoms. The van der Waals surface area contributed by atoms with Gasteiger partial charge in [0.05, 0.1) is 17.0 Å². The Kier molecular flexibility index (Phi) is 5.13. The average Bonchev–Trinajstić information content (AvgIpc) is 3.16. The Hall–Kier alpha value is -4.22. The Morgan fingerprint density at radius 3 is 2.03 bits per heavy atom. The first-order chi connectivity index (χ1) is 18.8. The van der Waals surface area contributed by atoms with Crippen LogP contribution in [0.25, 0.3) is 0 Å². The molecule has 1 heterocycles. The van der Waals surface area contributed by atoms with E-state index in [1.807, 2.05) is 38.1 Å². The second-order valence-electron chi connectivity index (χ2n) is 10.8. The first kappa shape index (κ1) is 23.9. The van der Waals surface area contributed by atoms with Crippen molar-refractivity contribution in [1.82, 2.24) is 0 Å². The molecular formula is C33H25ClN2O3. The predicted molar refractivity (Wildman–Crippen MR) is 151 cm³/mol. The van der Waals surface area contributed by atoms with Gasteiger partial charge in [-0.15, -0.1) is 0 Å². The molecule has 192 valence electrons. The van der Waals surface area contributed by atoms with Gasteiger partial charge in [0, 0.05) is 28.1 Å². The van der Waals surface area contributed by atoms with E-state index >= 15 is 0 Å². The number of benzene rings is 4. The van der Waals surface area contributed by atoms with Crippen molar-refractivity contribution >= 4 is 40.7 Å². The van der Waals surface area contributed by atoms with Gasteiger partial charge in [-0.05, 0) is 78.1 Å². The van der Waals surface area contributed by atoms with Crippen molar-refractivity contribution in [1.29, 1.82) is 0 Å². The van der Waals surface area contributed by atoms with Crippen molar-refractivity contribution in [3.05, 3.63) is 129 Å². The topological polar surface area (TPSA) is 66.5 Å². The van der Waals surface area contributed by atoms with E-state index in [0.717, 1.165) is 27.8 Å². The zero-order valence-electron chi connectivity index (χ0n) is 21.4. The number of carbonyl (C=O) groups excluding carboxylic acids is 3. The summed E-state index contributed by atoms with van der Waals surface area (Å²) in [6, 6.07) is 28.4. The summed E-state index contributed by atoms with van der Waals surface area (Å²) in [5.41, 5.74) is 5.94. The zero-order chi connectivity index (χ0) is 27.1. The van der Waals surface area contributed by atoms with E-state index in [0.29, 0.717) is 22.0 Å². The molecule has 1 aliphatic heterocycles. The number of hydrogen-bond donors (Lipinski definition) is 1. The van der Waals surface area contributed by atoms with Crippen LogP contribution in [-0.4, -0.2) is 17.7 Å². The molecule has 1 saturated heterocycles. The van der Waals surface area contributed by atoms with Crippen LogP contribution in [0.1, 0.15) is 56.9 Å². The van der Waals surface area contributed by atoms with Crippen LogP contribution in [0.3, 0.4) is 0 Å². The number of halogens is 1. The Labute approximate surface area is 231 Å². The largest absolute Gasteiger partial charge is 0.322 e. The molecule has 8 rings (SSSR count). The highest BCUT2D eigenvalue weighted by atomic mass is 35.5. The van der Waals surface area contributed by atoms with Crippen LogP contribution in [0.5, 0.6) is 0 Å². The highest BCUT2D eigenvalue weighted by Gasteiger charge is 2.68. The minimum Gasteiger partial charge on any atom is -0.322 e. The SMILES string of the molecule is Cc1c(Cl)cccc1NC(=O)c1ccc(N2C(=O)[C@@H]3C4c5ccccc5C(c5ccccc54)[C@@]3(C)C2=O)cc1. The Bertz CT molecular complexity index is 1670. The van der Waals surface area contributed by atoms with Gasteiger partial charge in [0.1, 0.15) is 0 Å². The number of anilines is 2. The smallest absolute Gasteiger partial charge is 0.255 e. The molecule has 1 N–H and O–H groups in total. The fourth-order valence-corrected chi connectivity index (χ4v) is 7.23. The second-order valence-corrected chi connectivity index (χ2v) is 11.2. The van der Waals surface area contributed by atoms with Crippen molar-refractivity contribution in [3.8, 4) is 0 Å². The molecule has 4 aromatic rings. The first-order valence-corrected chi connectivity index (χ1v) is 13.4. The quantitative estimate of drug-likeness (QED) is 0.299. The minimum absolute atomic E-state index is 0.181. The van der Waals surface area contributed by atoms with Gasteiger partial charge in [-0.25, -0.2) is 4.90 Å². The molecule has 4 aliphatic rings. The van der Waals surface area contributed by atoms with E-state index in [2.05, 4.69) is 29.6 Å². The monoisotopic (exact) mass is 532 g/mol. The van der Waals surface area contributed by atoms with Gasteiger partial charge >= 0.3 is 0 Å². The van der Waals surface area contributed by atoms with Gasteiger partial charge in [-0.1, -0.05) is 66.2 Å². The molecule has 0 aromatic heterocycles. The third-order valence-corrected chi connectivity index (χ3v) is 9.33. The fraction of sp³-hybridized carbons (Fsp3) is 0.182. The molecule has 0 saturated carbocycles. The molecule has 2 bridgehead atoms. The molecule has 1 fully saturated rings. The van der Waals surface area contributed by atoms with E-state index in [9.17, 15) is 14.4 Å². The maximum atomic E-state index is 14.2. The number of amides is 3. The van der Waals surface area contributed by atoms with Gasteiger partial charge in [0.2, 0.25) is 11.8 Å². The first-order valence-electron chi connectivity index (χ1n) is 13.0. The van der Waals surface area contributed by atoms with Gasteiger partial charge in [-0.2, -0.15) is 0 Å². The number of hydrogen-bond acceptors (Lipinski definition) is 3. The summed E-state index contributed by atoms with van der Waals surface area (Å²) in [5.74, 6) is -1.55. The van der Waals surface area contributed by atoms with Crippen molar-refractivity contribution < 1.29 is 14.4 Å². The molecule has 3 amide bonds. The third kappa shape index (κ3) is 3.17. The molecule has 4 aromatic carbocycles. The molecule has 5 nitrogen and oxygen atoms in total. The lowest BCUT2D eigenvalue weighted by Crippen LogP contribution is -2.49. The standard InChI is InChI=1S/C33H25ClN2O3/c1-18-25(34)12-7-13-26(18)35-30(37)19-14-16-20(17-15-19)36-31(38)29-27-21-8-3-5-10-23(21)28(33(29,2)32(36)39)24-11-6-4-9-22(24)27/h3-17,27-29H,1-2H3,(H,35,37)/t27?,28?,29-,33+/m0/s1. The summed E-state index contributed by atoms with van der Waals surface area (Å²) in [7, 11) is 0. The Morgan fingerprint density at radius 2 is 1.41 bits per heavy atom. The number of nitrogens with zero attached hydrogens (tertiary/aromatic N) is 1. The van der Waals surface area contributed by atoms with Crippen LogP contribution >= 0.6 is 11.6 Å². The lowest BCUT2D eigenvalue weighted by molar-refractivity contribution is -0.128. The normalized spacial score (nSPS) is 24.3. The lowest BCUT2D eigenvalue weighted by atomic mass is 9.48. The van der Waals surface area contributed by atoms with Crippen LogP contribution in [0.2, 0.25) is 5.02 Å². The van der Waals surface area contributed by atoms with E-state index in [4.69, 9.17) is 11.6 Å². The van der Waals surface area contributed by atoms with Gasteiger partial charge in [0.25, 0.3) is 5.91 Å². The molecule has 2 atom stereocenters. The molecular weight excluding hydrogens is 508 g/mol. The van der Waals surface area contributed by atoms with Crippen molar-refractivity contribution in [2.75, 3.05) is 10.2 Å². The van der Waals surface area contributed by atoms with E-state index < -0.39 is 11.3 Å². The van der Waals surface area contributed by atoms with Crippen molar-refractivity contribution in [3.63, 3.8) is 0 Å². The molecule has 6 heteroatoms. The summed E-state index contributed by atoms with van der Waals surface area (Å²) in [6.07, 6.45) is 0. The summed E-state index contributed by atoms with van der Waals surface area (Å²) in [5, 5.41) is 3.46. The predicted octanol–water partition coefficient (Wildman–Crippen LogP) is 6.69. The summed E-state index contributed by atoms with van der Waals surface area (Å²) in [6.45, 7) is 3.80. The van der Waals surface area contributed by atoms with Crippen LogP contribution in [0.4, 0.5) is 11.4 Å². The Morgan fingerprint density at radius 1 is 0.821 bits per heavy atom. The fourth-order valence-electron chi connectivity index (χ4n) is 7.06. The number of imide groups is 1. The van der Waals surface area contributed by atoms with E-state index in [1.165, 1.54) is 4.90 Å². The van der Waals surface area contributed by atoms with Crippen molar-refractivity contribution in [2.24, 2.45) is 11.3 Å².